The minimum atomic E-state index is -3.35. The van der Waals surface area contributed by atoms with Gasteiger partial charge in [-0.2, -0.15) is 9.19 Å². The van der Waals surface area contributed by atoms with Crippen molar-refractivity contribution >= 4 is 10.0 Å². The van der Waals surface area contributed by atoms with Gasteiger partial charge in [-0.15, -0.1) is 0 Å². The zero-order valence-electron chi connectivity index (χ0n) is 12.5. The number of benzene rings is 2. The number of hydrogen-bond acceptors (Lipinski definition) is 3. The molecule has 114 valence electrons. The van der Waals surface area contributed by atoms with Gasteiger partial charge in [0, 0.05) is 22.9 Å². The number of rotatable bonds is 2. The molecule has 0 amide bonds. The monoisotopic (exact) mass is 322 g/mol. The van der Waals surface area contributed by atoms with Crippen molar-refractivity contribution in [3.63, 3.8) is 0 Å². The molecule has 0 aliphatic rings. The van der Waals surface area contributed by atoms with Crippen molar-refractivity contribution in [2.75, 3.05) is 6.26 Å². The summed E-state index contributed by atoms with van der Waals surface area (Å²) in [6.45, 7) is 0. The zero-order chi connectivity index (χ0) is 16.3. The highest BCUT2D eigenvalue weighted by Crippen LogP contribution is 2.17. The Hall–Kier alpha value is -2.84. The van der Waals surface area contributed by atoms with E-state index in [1.165, 1.54) is 6.20 Å². The van der Waals surface area contributed by atoms with E-state index in [0.717, 1.165) is 27.0 Å². The van der Waals surface area contributed by atoms with Gasteiger partial charge >= 0.3 is 0 Å². The van der Waals surface area contributed by atoms with Gasteiger partial charge in [-0.25, -0.2) is 8.42 Å². The summed E-state index contributed by atoms with van der Waals surface area (Å²) >= 11 is 0. The zero-order valence-corrected chi connectivity index (χ0v) is 13.3. The first-order valence-corrected chi connectivity index (χ1v) is 8.81. The Morgan fingerprint density at radius 3 is 2.04 bits per heavy atom. The van der Waals surface area contributed by atoms with Crippen molar-refractivity contribution in [2.24, 2.45) is 0 Å². The Morgan fingerprint density at radius 1 is 0.870 bits per heavy atom. The van der Waals surface area contributed by atoms with Crippen molar-refractivity contribution in [1.29, 1.82) is 0 Å². The summed E-state index contributed by atoms with van der Waals surface area (Å²) in [6.07, 6.45) is 2.56. The van der Waals surface area contributed by atoms with E-state index in [2.05, 4.69) is 16.9 Å². The molecule has 2 aromatic carbocycles. The van der Waals surface area contributed by atoms with Crippen molar-refractivity contribution < 1.29 is 8.42 Å². The molecule has 1 aromatic heterocycles. The van der Waals surface area contributed by atoms with Crippen LogP contribution in [-0.2, 0) is 10.0 Å². The maximum atomic E-state index is 11.4. The van der Waals surface area contributed by atoms with E-state index < -0.39 is 10.0 Å². The van der Waals surface area contributed by atoms with Crippen LogP contribution in [0.5, 0.6) is 0 Å². The number of aromatic nitrogens is 2. The minimum absolute atomic E-state index is 0.609. The molecular weight excluding hydrogens is 308 g/mol. The summed E-state index contributed by atoms with van der Waals surface area (Å²) in [5.41, 5.74) is 3.30. The highest BCUT2D eigenvalue weighted by atomic mass is 32.2. The van der Waals surface area contributed by atoms with Crippen molar-refractivity contribution in [1.82, 2.24) is 9.19 Å². The molecule has 0 atom stereocenters. The second-order valence-corrected chi connectivity index (χ2v) is 6.87. The largest absolute Gasteiger partial charge is 0.250 e. The Morgan fingerprint density at radius 2 is 1.48 bits per heavy atom. The predicted molar refractivity (Wildman–Crippen MR) is 90.3 cm³/mol. The quantitative estimate of drug-likeness (QED) is 0.682. The molecule has 0 N–H and O–H groups in total. The smallest absolute Gasteiger partial charge is 0.205 e. The van der Waals surface area contributed by atoms with Gasteiger partial charge in [0.2, 0.25) is 0 Å². The highest BCUT2D eigenvalue weighted by molar-refractivity contribution is 7.89. The molecule has 0 saturated carbocycles. The lowest BCUT2D eigenvalue weighted by atomic mass is 10.1. The Kier molecular flexibility index (Phi) is 4.00. The van der Waals surface area contributed by atoms with Crippen LogP contribution in [0.1, 0.15) is 11.1 Å². The van der Waals surface area contributed by atoms with Crippen LogP contribution < -0.4 is 0 Å². The van der Waals surface area contributed by atoms with Gasteiger partial charge in [0.05, 0.1) is 11.9 Å². The van der Waals surface area contributed by atoms with Crippen LogP contribution in [0.2, 0.25) is 0 Å². The van der Waals surface area contributed by atoms with E-state index in [-0.39, 0.29) is 0 Å². The molecule has 0 radical (unpaired) electrons. The normalized spacial score (nSPS) is 10.8. The summed E-state index contributed by atoms with van der Waals surface area (Å²) in [5, 5.41) is 4.07. The van der Waals surface area contributed by atoms with E-state index in [4.69, 9.17) is 0 Å². The van der Waals surface area contributed by atoms with Gasteiger partial charge in [0.25, 0.3) is 10.0 Å². The Bertz CT molecular complexity index is 977. The first kappa shape index (κ1) is 15.1. The first-order chi connectivity index (χ1) is 11.0. The molecule has 3 rings (SSSR count). The van der Waals surface area contributed by atoms with Gasteiger partial charge < -0.3 is 0 Å². The first-order valence-electron chi connectivity index (χ1n) is 6.96. The van der Waals surface area contributed by atoms with Crippen molar-refractivity contribution in [2.45, 2.75) is 0 Å². The number of nitrogens with zero attached hydrogens (tertiary/aromatic N) is 2. The lowest BCUT2D eigenvalue weighted by molar-refractivity contribution is 0.586. The molecule has 0 unspecified atom stereocenters. The summed E-state index contributed by atoms with van der Waals surface area (Å²) in [5.74, 6) is 6.19. The Balaban J connectivity index is 1.83. The van der Waals surface area contributed by atoms with Crippen LogP contribution >= 0.6 is 0 Å². The SMILES string of the molecule is CS(=O)(=O)n1ccc(-c2ccc(C#Cc3ccccc3)cc2)n1. The summed E-state index contributed by atoms with van der Waals surface area (Å²) in [6, 6.07) is 19.0. The summed E-state index contributed by atoms with van der Waals surface area (Å²) in [7, 11) is -3.35. The third-order valence-electron chi connectivity index (χ3n) is 3.21. The third-order valence-corrected chi connectivity index (χ3v) is 4.09. The molecule has 0 bridgehead atoms. The molecule has 1 heterocycles. The maximum Gasteiger partial charge on any atom is 0.250 e. The van der Waals surface area contributed by atoms with E-state index in [1.807, 2.05) is 54.6 Å². The standard InChI is InChI=1S/C18H14N2O2S/c1-23(21,22)20-14-13-18(19-20)17-11-9-16(10-12-17)8-7-15-5-3-2-4-6-15/h2-6,9-14H,1H3. The van der Waals surface area contributed by atoms with Crippen LogP contribution in [0.25, 0.3) is 11.3 Å². The maximum absolute atomic E-state index is 11.4. The minimum Gasteiger partial charge on any atom is -0.205 e. The average molecular weight is 322 g/mol. The fourth-order valence-electron chi connectivity index (χ4n) is 2.04. The lowest BCUT2D eigenvalue weighted by Crippen LogP contribution is -2.10. The molecule has 0 aliphatic carbocycles. The average Bonchev–Trinajstić information content (AvgIpc) is 3.05. The third kappa shape index (κ3) is 3.68. The van der Waals surface area contributed by atoms with Gasteiger partial charge in [-0.05, 0) is 30.3 Å². The van der Waals surface area contributed by atoms with Crippen LogP contribution in [0.4, 0.5) is 0 Å². The highest BCUT2D eigenvalue weighted by Gasteiger charge is 2.08. The second kappa shape index (κ2) is 6.11. The fourth-order valence-corrected chi connectivity index (χ4v) is 2.55. The van der Waals surface area contributed by atoms with E-state index in [9.17, 15) is 8.42 Å². The molecule has 3 aromatic rings. The fraction of sp³-hybridized carbons (Fsp3) is 0.0556. The predicted octanol–water partition coefficient (Wildman–Crippen LogP) is 2.76. The molecule has 23 heavy (non-hydrogen) atoms. The second-order valence-electron chi connectivity index (χ2n) is 5.03. The molecule has 0 fully saturated rings. The molecule has 0 saturated heterocycles. The molecule has 0 spiro atoms. The van der Waals surface area contributed by atoms with Crippen LogP contribution in [-0.4, -0.2) is 23.9 Å². The van der Waals surface area contributed by atoms with Gasteiger partial charge in [-0.1, -0.05) is 42.2 Å². The summed E-state index contributed by atoms with van der Waals surface area (Å²) in [4.78, 5) is 0. The van der Waals surface area contributed by atoms with E-state index in [0.29, 0.717) is 5.69 Å². The van der Waals surface area contributed by atoms with E-state index in [1.54, 1.807) is 6.07 Å². The number of hydrogen-bond donors (Lipinski definition) is 0. The molecule has 0 aliphatic heterocycles. The van der Waals surface area contributed by atoms with Gasteiger partial charge in [-0.3, -0.25) is 0 Å². The van der Waals surface area contributed by atoms with Crippen LogP contribution in [0.3, 0.4) is 0 Å². The molecule has 4 nitrogen and oxygen atoms in total. The topological polar surface area (TPSA) is 52.0 Å². The lowest BCUT2D eigenvalue weighted by Gasteiger charge is -1.98. The Labute approximate surface area is 135 Å². The molecular formula is C18H14N2O2S. The van der Waals surface area contributed by atoms with Crippen molar-refractivity contribution in [3.8, 4) is 23.1 Å². The van der Waals surface area contributed by atoms with E-state index >= 15 is 0 Å². The van der Waals surface area contributed by atoms with Gasteiger partial charge in [0.1, 0.15) is 0 Å². The van der Waals surface area contributed by atoms with Crippen LogP contribution in [0.15, 0.2) is 66.9 Å². The van der Waals surface area contributed by atoms with Crippen LogP contribution in [0, 0.1) is 11.8 Å². The molecule has 5 heteroatoms. The summed E-state index contributed by atoms with van der Waals surface area (Å²) < 4.78 is 23.8. The van der Waals surface area contributed by atoms with Gasteiger partial charge in [0.15, 0.2) is 0 Å². The van der Waals surface area contributed by atoms with Crippen molar-refractivity contribution in [3.05, 3.63) is 78.0 Å².